The smallest absolute Gasteiger partial charge is 0.00143 e. The molecule has 2 aliphatic rings. The predicted octanol–water partition coefficient (Wildman–Crippen LogP) is 38.8. The highest BCUT2D eigenvalue weighted by Crippen LogP contribution is 2.47. The molecule has 0 aliphatic heterocycles. The summed E-state index contributed by atoms with van der Waals surface area (Å²) in [4.78, 5) is 0. The van der Waals surface area contributed by atoms with Gasteiger partial charge in [0, 0.05) is 0 Å². The molecule has 0 heteroatoms. The molecule has 0 unspecified atom stereocenters. The van der Waals surface area contributed by atoms with E-state index in [4.69, 9.17) is 0 Å². The monoisotopic (exact) mass is 1840 g/mol. The van der Waals surface area contributed by atoms with Gasteiger partial charge in [-0.2, -0.15) is 0 Å². The Morgan fingerprint density at radius 2 is 0.372 bits per heavy atom. The van der Waals surface area contributed by atoms with Crippen LogP contribution < -0.4 is 10.4 Å². The van der Waals surface area contributed by atoms with Gasteiger partial charge in [-0.15, -0.1) is 0 Å². The Labute approximate surface area is 839 Å². The van der Waals surface area contributed by atoms with Crippen LogP contribution >= 0.6 is 0 Å². The molecule has 33 rings (SSSR count). The van der Waals surface area contributed by atoms with Crippen molar-refractivity contribution in [1.29, 1.82) is 0 Å². The molecule has 0 saturated heterocycles. The fourth-order valence-corrected chi connectivity index (χ4v) is 25.0. The second-order valence-corrected chi connectivity index (χ2v) is 40.1. The molecule has 0 bridgehead atoms. The average molecular weight is 1840 g/mol. The molecule has 0 nitrogen and oxygen atoms in total. The van der Waals surface area contributed by atoms with Crippen molar-refractivity contribution < 1.29 is 0 Å². The van der Waals surface area contributed by atoms with Crippen molar-refractivity contribution in [3.63, 3.8) is 0 Å². The third-order valence-electron chi connectivity index (χ3n) is 31.7. The first-order valence-electron chi connectivity index (χ1n) is 50.9. The lowest BCUT2D eigenvalue weighted by molar-refractivity contribution is 1.39. The third-order valence-corrected chi connectivity index (χ3v) is 31.7. The molecule has 0 amide bonds. The molecule has 0 heterocycles. The van der Waals surface area contributed by atoms with Crippen molar-refractivity contribution in [2.24, 2.45) is 0 Å². The first-order chi connectivity index (χ1) is 71.4. The van der Waals surface area contributed by atoms with Crippen LogP contribution in [0, 0.1) is 69.3 Å². The minimum Gasteiger partial charge on any atom is -0.0616 e. The summed E-state index contributed by atoms with van der Waals surface area (Å²) in [5.74, 6) is 0. The molecule has 145 heavy (non-hydrogen) atoms. The maximum atomic E-state index is 2.37. The second kappa shape index (κ2) is 34.8. The summed E-state index contributed by atoms with van der Waals surface area (Å²) >= 11 is 0. The van der Waals surface area contributed by atoms with Gasteiger partial charge in [0.05, 0.1) is 0 Å². The van der Waals surface area contributed by atoms with Crippen LogP contribution in [0.2, 0.25) is 0 Å². The molecule has 680 valence electrons. The third kappa shape index (κ3) is 14.1. The SMILES string of the molecule is Cc1cc2cccc3c4ccccc4c4cccc1c4c23.Cc1ccc2c(c1)=c1ccc3c4c(ccc=2c14)=CC=3.Cc1ccc2c3ccccc3c3cccc4ccc1c2c43.Cc1ccc2c3ccccc3c3ccccc3c2c1.Cc1cccc2c3cc4ccccc4cc3c3ccccc3c12.Cc1cccc2c3ccccc3c3ccccc3c12.Cc1cccc2cc3c4ccccc4c4ccccc4c3cc12. The van der Waals surface area contributed by atoms with Crippen LogP contribution in [-0.2, 0) is 0 Å². The molecule has 31 aromatic carbocycles. The molecular weight excluding hydrogens is 1740 g/mol. The van der Waals surface area contributed by atoms with E-state index in [-0.39, 0.29) is 0 Å². The van der Waals surface area contributed by atoms with Gasteiger partial charge in [-0.25, -0.2) is 0 Å². The highest BCUT2D eigenvalue weighted by Gasteiger charge is 2.21. The zero-order valence-corrected chi connectivity index (χ0v) is 82.1. The number of rotatable bonds is 0. The molecule has 2 aliphatic carbocycles. The minimum atomic E-state index is 1.30. The van der Waals surface area contributed by atoms with E-state index in [9.17, 15) is 0 Å². The second-order valence-electron chi connectivity index (χ2n) is 40.1. The molecule has 0 radical (unpaired) electrons. The Hall–Kier alpha value is -17.9. The van der Waals surface area contributed by atoms with E-state index in [1.54, 1.807) is 0 Å². The van der Waals surface area contributed by atoms with Gasteiger partial charge < -0.3 is 0 Å². The molecule has 0 fully saturated rings. The summed E-state index contributed by atoms with van der Waals surface area (Å²) < 4.78 is 0. The Bertz CT molecular complexity index is 11000. The van der Waals surface area contributed by atoms with Crippen LogP contribution in [0.5, 0.6) is 0 Å². The van der Waals surface area contributed by atoms with Gasteiger partial charge in [0.2, 0.25) is 0 Å². The number of hydrogen-bond acceptors (Lipinski definition) is 0. The number of benzene rings is 31. The lowest BCUT2D eigenvalue weighted by Gasteiger charge is -2.15. The highest BCUT2D eigenvalue weighted by atomic mass is 14.2. The first-order valence-corrected chi connectivity index (χ1v) is 50.9. The van der Waals surface area contributed by atoms with E-state index in [2.05, 4.69) is 528 Å². The molecule has 0 saturated carbocycles. The van der Waals surface area contributed by atoms with Crippen molar-refractivity contribution in [2.75, 3.05) is 0 Å². The van der Waals surface area contributed by atoms with E-state index in [1.165, 1.54) is 318 Å². The largest absolute Gasteiger partial charge is 0.0616 e. The van der Waals surface area contributed by atoms with Crippen molar-refractivity contribution in [3.05, 3.63) is 537 Å². The summed E-state index contributed by atoms with van der Waals surface area (Å²) in [6, 6.07) is 170. The Kier molecular flexibility index (Phi) is 20.7. The lowest BCUT2D eigenvalue weighted by Crippen LogP contribution is -2.07. The first kappa shape index (κ1) is 86.2. The summed E-state index contributed by atoms with van der Waals surface area (Å²) in [5, 5.41) is 70.8. The molecule has 0 spiro atoms. The van der Waals surface area contributed by atoms with Gasteiger partial charge >= 0.3 is 0 Å². The van der Waals surface area contributed by atoms with E-state index in [1.807, 2.05) is 0 Å². The van der Waals surface area contributed by atoms with Gasteiger partial charge in [-0.05, 0) is 380 Å². The van der Waals surface area contributed by atoms with Crippen LogP contribution in [0.15, 0.2) is 467 Å². The molecule has 0 N–H and O–H groups in total. The minimum absolute atomic E-state index is 1.30. The zero-order chi connectivity index (χ0) is 96.9. The van der Waals surface area contributed by atoms with Gasteiger partial charge in [-0.1, -0.05) is 466 Å². The van der Waals surface area contributed by atoms with Crippen molar-refractivity contribution in [1.82, 2.24) is 0 Å². The maximum absolute atomic E-state index is 2.37. The number of aryl methyl sites for hydroxylation is 7. The van der Waals surface area contributed by atoms with Gasteiger partial charge in [0.25, 0.3) is 0 Å². The van der Waals surface area contributed by atoms with Crippen LogP contribution in [0.1, 0.15) is 38.9 Å². The standard InChI is InChI=1S/2C23H16.2C21H14.C19H12.2C19H14/c1-15-7-6-8-16-13-22-19-11-4-2-9-17(19)18-10-3-5-12-20(18)23(22)14-21(15)16;1-15-7-6-12-20-22-14-17-9-3-2-8-16(17)13-21(22)18-10-4-5-11-19(18)23(15)20;1-13-12-14-6-4-10-18-16-7-2-3-8-17(16)19-11-5-9-15(13)21(19)20(14)18;1-13-9-11-19-17-7-3-2-6-16(17)18-8-4-5-14-10-12-15(13)21(19)20(14)18;1-11-2-7-14-15-8-5-12-3-4-13-6-9-16(17(14)10-11)19(15)18(12)13;1-13-7-6-12-18-16-9-3-2-8-14(16)15-10-4-5-11-17(15)19(13)18;1-13-10-11-18-16-8-3-2-6-14(16)15-7-4-5-9-17(15)19(18)12-13/h2*2-14H,1H3;2*2-12H,1H3;2-10H,1H3;2*2-12H,1H3. The van der Waals surface area contributed by atoms with Gasteiger partial charge in [0.1, 0.15) is 0 Å². The summed E-state index contributed by atoms with van der Waals surface area (Å²) in [6.45, 7) is 15.3. The Balaban J connectivity index is 0.0000000841. The fourth-order valence-electron chi connectivity index (χ4n) is 25.0. The van der Waals surface area contributed by atoms with Crippen molar-refractivity contribution >= 4 is 260 Å². The summed E-state index contributed by atoms with van der Waals surface area (Å²) in [7, 11) is 0. The summed E-state index contributed by atoms with van der Waals surface area (Å²) in [6.07, 6.45) is 4.46. The number of fused-ring (bicyclic) bond motifs is 33. The number of hydrogen-bond donors (Lipinski definition) is 0. The van der Waals surface area contributed by atoms with Crippen molar-refractivity contribution in [3.8, 4) is 0 Å². The average Bonchev–Trinajstić information content (AvgIpc) is 1.10. The molecular formula is C145H100. The molecule has 31 aromatic rings. The molecule has 0 aromatic heterocycles. The van der Waals surface area contributed by atoms with Crippen molar-refractivity contribution in [2.45, 2.75) is 48.5 Å². The van der Waals surface area contributed by atoms with E-state index < -0.39 is 0 Å². The van der Waals surface area contributed by atoms with E-state index in [0.29, 0.717) is 0 Å². The summed E-state index contributed by atoms with van der Waals surface area (Å²) in [5.41, 5.74) is 9.38. The maximum Gasteiger partial charge on any atom is -0.00143 e. The van der Waals surface area contributed by atoms with Crippen LogP contribution in [0.3, 0.4) is 0 Å². The Morgan fingerprint density at radius 3 is 0.862 bits per heavy atom. The van der Waals surface area contributed by atoms with Crippen LogP contribution in [0.4, 0.5) is 0 Å². The fraction of sp³-hybridized carbons (Fsp3) is 0.0483. The molecule has 0 atom stereocenters. The van der Waals surface area contributed by atoms with E-state index in [0.717, 1.165) is 0 Å². The van der Waals surface area contributed by atoms with E-state index >= 15 is 0 Å². The Morgan fingerprint density at radius 1 is 0.103 bits per heavy atom. The highest BCUT2D eigenvalue weighted by molar-refractivity contribution is 6.37. The van der Waals surface area contributed by atoms with Crippen LogP contribution in [0.25, 0.3) is 260 Å². The lowest BCUT2D eigenvalue weighted by atomic mass is 9.88. The normalized spacial score (nSPS) is 11.9. The van der Waals surface area contributed by atoms with Crippen LogP contribution in [-0.4, -0.2) is 0 Å². The van der Waals surface area contributed by atoms with Gasteiger partial charge in [-0.3, -0.25) is 0 Å². The topological polar surface area (TPSA) is 0 Å². The zero-order valence-electron chi connectivity index (χ0n) is 82.1. The predicted molar refractivity (Wildman–Crippen MR) is 633 cm³/mol. The quantitative estimate of drug-likeness (QED) is 0.105. The van der Waals surface area contributed by atoms with Gasteiger partial charge in [0.15, 0.2) is 0 Å².